The van der Waals surface area contributed by atoms with Gasteiger partial charge >= 0.3 is 0 Å². The summed E-state index contributed by atoms with van der Waals surface area (Å²) < 4.78 is 64.6. The van der Waals surface area contributed by atoms with Crippen LogP contribution in [-0.2, 0) is 6.42 Å². The molecule has 37 heavy (non-hydrogen) atoms. The van der Waals surface area contributed by atoms with E-state index in [0.717, 1.165) is 28.6 Å². The van der Waals surface area contributed by atoms with Crippen LogP contribution in [0.3, 0.4) is 0 Å². The standard InChI is InChI=1S/C28H31F4N3O2/c1-17-10-21-20-6-3-4-7-24(20)33-26(21)27(35(17)15-28(2,32)16-36)25-22(30)11-18(12-23(25)31)37-19-13-34(14-19)9-5-8-29/h3-4,6-7,11-12,19,27,33,36H,1,5,8-10,13-16H2,2H3/t27-,28-/m1/s1. The normalized spacial score (nSPS) is 20.1. The number of fused-ring (bicyclic) bond motifs is 3. The first-order valence-electron chi connectivity index (χ1n) is 12.5. The van der Waals surface area contributed by atoms with Crippen molar-refractivity contribution in [3.8, 4) is 5.75 Å². The Morgan fingerprint density at radius 1 is 1.19 bits per heavy atom. The summed E-state index contributed by atoms with van der Waals surface area (Å²) in [4.78, 5) is 6.85. The predicted octanol–water partition coefficient (Wildman–Crippen LogP) is 5.05. The maximum absolute atomic E-state index is 15.7. The average molecular weight is 518 g/mol. The highest BCUT2D eigenvalue weighted by Crippen LogP contribution is 2.44. The zero-order chi connectivity index (χ0) is 26.3. The van der Waals surface area contributed by atoms with Gasteiger partial charge in [-0.15, -0.1) is 0 Å². The molecule has 2 N–H and O–H groups in total. The number of benzene rings is 2. The maximum Gasteiger partial charge on any atom is 0.148 e. The van der Waals surface area contributed by atoms with Crippen LogP contribution in [0.5, 0.6) is 5.75 Å². The first-order chi connectivity index (χ1) is 17.7. The van der Waals surface area contributed by atoms with Crippen LogP contribution in [0.25, 0.3) is 10.9 Å². The van der Waals surface area contributed by atoms with Gasteiger partial charge in [0.15, 0.2) is 0 Å². The maximum atomic E-state index is 15.7. The fraction of sp³-hybridized carbons (Fsp3) is 0.429. The third-order valence-corrected chi connectivity index (χ3v) is 7.21. The molecule has 5 rings (SSSR count). The number of para-hydroxylation sites is 1. The molecule has 0 saturated carbocycles. The summed E-state index contributed by atoms with van der Waals surface area (Å²) >= 11 is 0. The van der Waals surface area contributed by atoms with Gasteiger partial charge in [0.05, 0.1) is 25.4 Å². The van der Waals surface area contributed by atoms with Crippen LogP contribution in [-0.4, -0.2) is 71.1 Å². The molecule has 3 aromatic rings. The third-order valence-electron chi connectivity index (χ3n) is 7.21. The summed E-state index contributed by atoms with van der Waals surface area (Å²) in [5.41, 5.74) is 0.471. The van der Waals surface area contributed by atoms with Crippen molar-refractivity contribution in [2.24, 2.45) is 0 Å². The monoisotopic (exact) mass is 517 g/mol. The van der Waals surface area contributed by atoms with Crippen molar-refractivity contribution in [1.29, 1.82) is 0 Å². The Morgan fingerprint density at radius 3 is 2.57 bits per heavy atom. The predicted molar refractivity (Wildman–Crippen MR) is 134 cm³/mol. The van der Waals surface area contributed by atoms with Crippen molar-refractivity contribution in [3.63, 3.8) is 0 Å². The average Bonchev–Trinajstić information content (AvgIpc) is 3.19. The number of aromatic amines is 1. The lowest BCUT2D eigenvalue weighted by atomic mass is 9.89. The van der Waals surface area contributed by atoms with Crippen LogP contribution >= 0.6 is 0 Å². The molecule has 0 spiro atoms. The van der Waals surface area contributed by atoms with Gasteiger partial charge in [-0.1, -0.05) is 24.8 Å². The van der Waals surface area contributed by atoms with E-state index in [9.17, 15) is 9.50 Å². The Kier molecular flexibility index (Phi) is 6.93. The minimum atomic E-state index is -2.01. The van der Waals surface area contributed by atoms with E-state index in [0.29, 0.717) is 43.9 Å². The van der Waals surface area contributed by atoms with Gasteiger partial charge < -0.3 is 19.7 Å². The van der Waals surface area contributed by atoms with Gasteiger partial charge in [-0.2, -0.15) is 0 Å². The van der Waals surface area contributed by atoms with Crippen LogP contribution in [0.4, 0.5) is 17.6 Å². The van der Waals surface area contributed by atoms with Gasteiger partial charge in [0.2, 0.25) is 0 Å². The lowest BCUT2D eigenvalue weighted by Gasteiger charge is -2.42. The number of hydrogen-bond acceptors (Lipinski definition) is 4. The minimum absolute atomic E-state index is 0.0673. The highest BCUT2D eigenvalue weighted by atomic mass is 19.1. The van der Waals surface area contributed by atoms with Gasteiger partial charge in [-0.25, -0.2) is 13.2 Å². The molecule has 2 atom stereocenters. The molecule has 1 saturated heterocycles. The second kappa shape index (κ2) is 10.0. The summed E-state index contributed by atoms with van der Waals surface area (Å²) in [7, 11) is 0. The van der Waals surface area contributed by atoms with Crippen LogP contribution in [0.1, 0.15) is 36.2 Å². The summed E-state index contributed by atoms with van der Waals surface area (Å²) in [5, 5.41) is 10.5. The lowest BCUT2D eigenvalue weighted by molar-refractivity contribution is 0.0180. The van der Waals surface area contributed by atoms with Crippen molar-refractivity contribution in [1.82, 2.24) is 14.8 Å². The van der Waals surface area contributed by atoms with E-state index >= 15 is 13.2 Å². The number of aliphatic hydroxyl groups is 1. The fourth-order valence-corrected chi connectivity index (χ4v) is 5.34. The largest absolute Gasteiger partial charge is 0.488 e. The first kappa shape index (κ1) is 25.6. The van der Waals surface area contributed by atoms with Gasteiger partial charge in [-0.05, 0) is 25.0 Å². The van der Waals surface area contributed by atoms with Crippen molar-refractivity contribution < 1.29 is 27.4 Å². The van der Waals surface area contributed by atoms with Gasteiger partial charge in [0.25, 0.3) is 0 Å². The van der Waals surface area contributed by atoms with Crippen molar-refractivity contribution >= 4 is 10.9 Å². The molecule has 198 valence electrons. The smallest absolute Gasteiger partial charge is 0.148 e. The number of H-pyrrole nitrogens is 1. The van der Waals surface area contributed by atoms with E-state index in [1.54, 1.807) is 0 Å². The quantitative estimate of drug-likeness (QED) is 0.390. The summed E-state index contributed by atoms with van der Waals surface area (Å²) in [6.07, 6.45) is 0.590. The number of aromatic nitrogens is 1. The Hall–Kier alpha value is -3.04. The number of rotatable bonds is 9. The fourth-order valence-electron chi connectivity index (χ4n) is 5.34. The highest BCUT2D eigenvalue weighted by molar-refractivity contribution is 5.85. The van der Waals surface area contributed by atoms with Crippen molar-refractivity contribution in [2.75, 3.05) is 39.5 Å². The van der Waals surface area contributed by atoms with Crippen molar-refractivity contribution in [3.05, 3.63) is 77.1 Å². The molecule has 5 nitrogen and oxygen atoms in total. The highest BCUT2D eigenvalue weighted by Gasteiger charge is 2.40. The molecule has 3 heterocycles. The van der Waals surface area contributed by atoms with Crippen molar-refractivity contribution in [2.45, 2.75) is 37.6 Å². The van der Waals surface area contributed by atoms with Crippen LogP contribution in [0.15, 0.2) is 48.7 Å². The van der Waals surface area contributed by atoms with E-state index < -0.39 is 30.0 Å². The lowest BCUT2D eigenvalue weighted by Crippen LogP contribution is -2.53. The second-order valence-electron chi connectivity index (χ2n) is 10.3. The van der Waals surface area contributed by atoms with Crippen LogP contribution in [0.2, 0.25) is 0 Å². The van der Waals surface area contributed by atoms with Gasteiger partial charge in [0, 0.05) is 60.5 Å². The van der Waals surface area contributed by atoms with Crippen LogP contribution in [0, 0.1) is 11.6 Å². The zero-order valence-electron chi connectivity index (χ0n) is 20.7. The number of halogens is 4. The number of nitrogens with zero attached hydrogens (tertiary/aromatic N) is 2. The Balaban J connectivity index is 1.51. The third kappa shape index (κ3) is 4.94. The molecule has 0 aliphatic carbocycles. The van der Waals surface area contributed by atoms with E-state index in [1.807, 2.05) is 29.2 Å². The Bertz CT molecular complexity index is 1280. The number of hydrogen-bond donors (Lipinski definition) is 2. The van der Waals surface area contributed by atoms with E-state index in [4.69, 9.17) is 4.74 Å². The number of nitrogens with one attached hydrogen (secondary N) is 1. The molecule has 2 aliphatic heterocycles. The molecule has 2 aromatic carbocycles. The molecule has 0 unspecified atom stereocenters. The molecule has 9 heteroatoms. The first-order valence-corrected chi connectivity index (χ1v) is 12.5. The molecule has 0 radical (unpaired) electrons. The SMILES string of the molecule is C=C1Cc2c([nH]c3ccccc23)[C@@H](c2c(F)cc(OC3CN(CCCF)C3)cc2F)N1C[C@@](C)(F)CO. The molecule has 1 aromatic heterocycles. The number of alkyl halides is 2. The summed E-state index contributed by atoms with van der Waals surface area (Å²) in [6, 6.07) is 8.85. The number of aliphatic hydroxyl groups excluding tert-OH is 1. The second-order valence-corrected chi connectivity index (χ2v) is 10.3. The number of ether oxygens (including phenoxy) is 1. The molecular formula is C28H31F4N3O2. The number of likely N-dealkylation sites (tertiary alicyclic amines) is 1. The topological polar surface area (TPSA) is 51.7 Å². The number of allylic oxidation sites excluding steroid dienone is 1. The molecule has 0 amide bonds. The zero-order valence-corrected chi connectivity index (χ0v) is 20.7. The Morgan fingerprint density at radius 2 is 1.89 bits per heavy atom. The summed E-state index contributed by atoms with van der Waals surface area (Å²) in [6.45, 7) is 5.67. The van der Waals surface area contributed by atoms with E-state index in [2.05, 4.69) is 11.6 Å². The van der Waals surface area contributed by atoms with E-state index in [1.165, 1.54) is 11.8 Å². The minimum Gasteiger partial charge on any atom is -0.488 e. The van der Waals surface area contributed by atoms with Gasteiger partial charge in [0.1, 0.15) is 35.2 Å². The summed E-state index contributed by atoms with van der Waals surface area (Å²) in [5.74, 6) is -1.57. The molecular weight excluding hydrogens is 486 g/mol. The molecule has 1 fully saturated rings. The Labute approximate surface area is 213 Å². The van der Waals surface area contributed by atoms with Gasteiger partial charge in [-0.3, -0.25) is 9.29 Å². The van der Waals surface area contributed by atoms with E-state index in [-0.39, 0.29) is 30.6 Å². The molecule has 0 bridgehead atoms. The van der Waals surface area contributed by atoms with Crippen LogP contribution < -0.4 is 4.74 Å². The molecule has 2 aliphatic rings.